The fourth-order valence-electron chi connectivity index (χ4n) is 9.82. The Morgan fingerprint density at radius 3 is 1.77 bits per heavy atom. The van der Waals surface area contributed by atoms with Gasteiger partial charge in [0.05, 0.1) is 11.4 Å². The molecule has 11 rings (SSSR count). The molecule has 2 aliphatic carbocycles. The van der Waals surface area contributed by atoms with Gasteiger partial charge >= 0.3 is 0 Å². The molecule has 0 amide bonds. The number of furan rings is 1. The zero-order chi connectivity index (χ0) is 37.8. The van der Waals surface area contributed by atoms with Gasteiger partial charge in [0, 0.05) is 38.4 Å². The smallest absolute Gasteiger partial charge is 0.136 e. The lowest BCUT2D eigenvalue weighted by molar-refractivity contribution is 0.660. The molecule has 0 saturated carbocycles. The van der Waals surface area contributed by atoms with E-state index >= 15 is 0 Å². The number of fused-ring (bicyclic) bond motifs is 9. The van der Waals surface area contributed by atoms with Crippen molar-refractivity contribution in [3.63, 3.8) is 0 Å². The van der Waals surface area contributed by atoms with Gasteiger partial charge in [-0.05, 0) is 104 Å². The van der Waals surface area contributed by atoms with Crippen molar-refractivity contribution >= 4 is 39.0 Å². The van der Waals surface area contributed by atoms with E-state index in [1.165, 1.54) is 61.3 Å². The van der Waals surface area contributed by atoms with E-state index < -0.39 is 0 Å². The minimum atomic E-state index is -0.118. The molecule has 0 unspecified atom stereocenters. The lowest BCUT2D eigenvalue weighted by atomic mass is 9.81. The highest BCUT2D eigenvalue weighted by molar-refractivity contribution is 6.06. The Kier molecular flexibility index (Phi) is 6.98. The van der Waals surface area contributed by atoms with Gasteiger partial charge in [0.2, 0.25) is 0 Å². The van der Waals surface area contributed by atoms with Crippen LogP contribution in [0.25, 0.3) is 66.4 Å². The number of hydrogen-bond acceptors (Lipinski definition) is 2. The first kappa shape index (κ1) is 32.8. The summed E-state index contributed by atoms with van der Waals surface area (Å²) in [5.41, 5.74) is 20.5. The van der Waals surface area contributed by atoms with Gasteiger partial charge in [-0.25, -0.2) is 0 Å². The topological polar surface area (TPSA) is 16.4 Å². The number of rotatable bonds is 5. The fourth-order valence-corrected chi connectivity index (χ4v) is 9.82. The van der Waals surface area contributed by atoms with Crippen LogP contribution in [0.15, 0.2) is 180 Å². The van der Waals surface area contributed by atoms with Gasteiger partial charge in [-0.1, -0.05) is 155 Å². The van der Waals surface area contributed by atoms with Crippen molar-refractivity contribution in [1.82, 2.24) is 0 Å². The van der Waals surface area contributed by atoms with Crippen LogP contribution < -0.4 is 4.90 Å². The van der Waals surface area contributed by atoms with Crippen molar-refractivity contribution in [1.29, 1.82) is 0 Å². The molecule has 2 aliphatic rings. The van der Waals surface area contributed by atoms with Gasteiger partial charge in [0.1, 0.15) is 11.2 Å². The largest absolute Gasteiger partial charge is 0.456 e. The number of para-hydroxylation sites is 2. The fraction of sp³-hybridized carbons (Fsp3) is 0.111. The highest BCUT2D eigenvalue weighted by Gasteiger charge is 2.38. The Balaban J connectivity index is 1.09. The predicted octanol–water partition coefficient (Wildman–Crippen LogP) is 15.0. The third kappa shape index (κ3) is 4.69. The van der Waals surface area contributed by atoms with E-state index in [1.807, 2.05) is 12.1 Å². The molecule has 268 valence electrons. The second-order valence-electron chi connectivity index (χ2n) is 16.5. The lowest BCUT2D eigenvalue weighted by Gasteiger charge is -2.31. The van der Waals surface area contributed by atoms with E-state index in [1.54, 1.807) is 0 Å². The molecule has 9 aromatic rings. The highest BCUT2D eigenvalue weighted by Crippen LogP contribution is 2.56. The molecule has 0 aliphatic heterocycles. The molecule has 0 fully saturated rings. The number of anilines is 3. The third-order valence-electron chi connectivity index (χ3n) is 12.7. The molecule has 0 N–H and O–H groups in total. The maximum atomic E-state index is 6.29. The van der Waals surface area contributed by atoms with Crippen LogP contribution in [0.2, 0.25) is 0 Å². The summed E-state index contributed by atoms with van der Waals surface area (Å²) in [6.07, 6.45) is 0. The van der Waals surface area contributed by atoms with Crippen molar-refractivity contribution in [2.75, 3.05) is 4.90 Å². The second kappa shape index (κ2) is 11.9. The van der Waals surface area contributed by atoms with Crippen LogP contribution >= 0.6 is 0 Å². The van der Waals surface area contributed by atoms with E-state index in [2.05, 4.69) is 196 Å². The van der Waals surface area contributed by atoms with E-state index in [9.17, 15) is 0 Å². The molecule has 8 aromatic carbocycles. The first-order chi connectivity index (χ1) is 27.3. The zero-order valence-corrected chi connectivity index (χ0v) is 32.1. The molecular formula is C54H41NO. The van der Waals surface area contributed by atoms with Crippen molar-refractivity contribution in [2.45, 2.75) is 38.5 Å². The van der Waals surface area contributed by atoms with Gasteiger partial charge in [-0.2, -0.15) is 0 Å². The molecule has 1 heterocycles. The van der Waals surface area contributed by atoms with Gasteiger partial charge < -0.3 is 9.32 Å². The van der Waals surface area contributed by atoms with E-state index in [0.29, 0.717) is 0 Å². The average molecular weight is 720 g/mol. The van der Waals surface area contributed by atoms with Crippen LogP contribution in [0.3, 0.4) is 0 Å². The van der Waals surface area contributed by atoms with Gasteiger partial charge in [-0.3, -0.25) is 0 Å². The first-order valence-electron chi connectivity index (χ1n) is 19.7. The van der Waals surface area contributed by atoms with Crippen LogP contribution in [0.1, 0.15) is 49.9 Å². The molecule has 2 nitrogen and oxygen atoms in total. The normalized spacial score (nSPS) is 14.4. The first-order valence-corrected chi connectivity index (χ1v) is 19.7. The monoisotopic (exact) mass is 719 g/mol. The van der Waals surface area contributed by atoms with Gasteiger partial charge in [0.25, 0.3) is 0 Å². The summed E-state index contributed by atoms with van der Waals surface area (Å²) >= 11 is 0. The maximum Gasteiger partial charge on any atom is 0.136 e. The summed E-state index contributed by atoms with van der Waals surface area (Å²) in [7, 11) is 0. The molecule has 0 saturated heterocycles. The van der Waals surface area contributed by atoms with Crippen molar-refractivity contribution in [3.05, 3.63) is 198 Å². The molecule has 0 atom stereocenters. The molecule has 0 radical (unpaired) electrons. The van der Waals surface area contributed by atoms with Gasteiger partial charge in [-0.15, -0.1) is 0 Å². The summed E-state index contributed by atoms with van der Waals surface area (Å²) in [6, 6.07) is 64.6. The molecule has 2 heteroatoms. The summed E-state index contributed by atoms with van der Waals surface area (Å²) in [4.78, 5) is 2.49. The Bertz CT molecular complexity index is 3030. The summed E-state index contributed by atoms with van der Waals surface area (Å²) < 4.78 is 6.29. The van der Waals surface area contributed by atoms with E-state index in [4.69, 9.17) is 4.42 Å². The van der Waals surface area contributed by atoms with E-state index in [-0.39, 0.29) is 10.8 Å². The minimum Gasteiger partial charge on any atom is -0.456 e. The Morgan fingerprint density at radius 1 is 0.375 bits per heavy atom. The molecule has 0 bridgehead atoms. The van der Waals surface area contributed by atoms with E-state index in [0.717, 1.165) is 44.4 Å². The summed E-state index contributed by atoms with van der Waals surface area (Å²) in [5.74, 6) is 0. The Labute approximate surface area is 328 Å². The molecule has 1 aromatic heterocycles. The van der Waals surface area contributed by atoms with Crippen LogP contribution in [-0.4, -0.2) is 0 Å². The quantitative estimate of drug-likeness (QED) is 0.176. The maximum absolute atomic E-state index is 6.29. The molecule has 0 spiro atoms. The third-order valence-corrected chi connectivity index (χ3v) is 12.7. The van der Waals surface area contributed by atoms with Crippen LogP contribution in [0.5, 0.6) is 0 Å². The number of benzene rings is 8. The second-order valence-corrected chi connectivity index (χ2v) is 16.5. The van der Waals surface area contributed by atoms with Crippen molar-refractivity contribution in [3.8, 4) is 44.5 Å². The Morgan fingerprint density at radius 2 is 0.946 bits per heavy atom. The van der Waals surface area contributed by atoms with Crippen LogP contribution in [0, 0.1) is 0 Å². The number of hydrogen-bond donors (Lipinski definition) is 0. The predicted molar refractivity (Wildman–Crippen MR) is 234 cm³/mol. The molecule has 56 heavy (non-hydrogen) atoms. The minimum absolute atomic E-state index is 0.0900. The lowest BCUT2D eigenvalue weighted by Crippen LogP contribution is -2.16. The summed E-state index contributed by atoms with van der Waals surface area (Å²) in [6.45, 7) is 9.44. The molecular weight excluding hydrogens is 679 g/mol. The SMILES string of the molecule is CC1(C)c2ccccc2-c2ccc(-c3ccccc3N(c3ccc(-c4ccc5c(c4)oc4ccccc45)cc3)c3cccc4c3-c3ccccc3C4(C)C)cc21. The highest BCUT2D eigenvalue weighted by atomic mass is 16.3. The van der Waals surface area contributed by atoms with Crippen LogP contribution in [0.4, 0.5) is 17.1 Å². The number of nitrogens with zero attached hydrogens (tertiary/aromatic N) is 1. The standard InChI is InChI=1S/C54H41NO/c1-53(2)45-19-10-6-17-43(45)52-46(53)20-13-22-49(52)55(37-28-24-34(25-29-37)35-26-31-42-41-16-8-12-23-50(41)56-51(42)33-35)48-21-11-7-14-38(48)36-27-30-40-39-15-5-9-18-44(39)54(3,4)47(40)32-36/h5-33H,1-4H3. The summed E-state index contributed by atoms with van der Waals surface area (Å²) in [5, 5.41) is 2.29. The Hall–Kier alpha value is -6.64. The van der Waals surface area contributed by atoms with Crippen molar-refractivity contribution in [2.24, 2.45) is 0 Å². The van der Waals surface area contributed by atoms with Crippen LogP contribution in [-0.2, 0) is 10.8 Å². The average Bonchev–Trinajstić information content (AvgIpc) is 3.81. The van der Waals surface area contributed by atoms with Gasteiger partial charge in [0.15, 0.2) is 0 Å². The van der Waals surface area contributed by atoms with Crippen molar-refractivity contribution < 1.29 is 4.42 Å². The zero-order valence-electron chi connectivity index (χ0n) is 32.1.